The first kappa shape index (κ1) is 17.7. The Labute approximate surface area is 152 Å². The van der Waals surface area contributed by atoms with Crippen molar-refractivity contribution in [3.05, 3.63) is 58.7 Å². The van der Waals surface area contributed by atoms with Gasteiger partial charge >= 0.3 is 0 Å². The number of anilines is 1. The van der Waals surface area contributed by atoms with Crippen molar-refractivity contribution >= 4 is 23.3 Å². The highest BCUT2D eigenvalue weighted by Crippen LogP contribution is 2.39. The largest absolute Gasteiger partial charge is 0.384 e. The van der Waals surface area contributed by atoms with Crippen molar-refractivity contribution in [3.8, 4) is 0 Å². The number of benzene rings is 1. The molecule has 132 valence electrons. The molecule has 1 fully saturated rings. The average Bonchev–Trinajstić information content (AvgIpc) is 2.63. The molecule has 6 heteroatoms. The molecular formula is C19H23ClN4O. The van der Waals surface area contributed by atoms with Crippen LogP contribution >= 0.6 is 11.6 Å². The molecule has 5 nitrogen and oxygen atoms in total. The van der Waals surface area contributed by atoms with Crippen LogP contribution in [0.3, 0.4) is 0 Å². The van der Waals surface area contributed by atoms with E-state index in [9.17, 15) is 4.79 Å². The summed E-state index contributed by atoms with van der Waals surface area (Å²) < 4.78 is 0. The van der Waals surface area contributed by atoms with Crippen LogP contribution < -0.4 is 16.8 Å². The number of hydrogen-bond acceptors (Lipinski definition) is 4. The van der Waals surface area contributed by atoms with Crippen LogP contribution in [0.1, 0.15) is 41.6 Å². The number of amides is 1. The van der Waals surface area contributed by atoms with E-state index in [-0.39, 0.29) is 17.4 Å². The fraction of sp³-hybridized carbons (Fsp3) is 0.368. The Balaban J connectivity index is 1.64. The minimum atomic E-state index is -0.111. The molecule has 0 unspecified atom stereocenters. The Morgan fingerprint density at radius 2 is 2.04 bits per heavy atom. The first-order valence-corrected chi connectivity index (χ1v) is 8.89. The van der Waals surface area contributed by atoms with Crippen LogP contribution in [0.4, 0.5) is 5.82 Å². The Bertz CT molecular complexity index is 739. The Morgan fingerprint density at radius 3 is 2.64 bits per heavy atom. The number of nitrogens with zero attached hydrogens (tertiary/aromatic N) is 1. The Kier molecular flexibility index (Phi) is 5.25. The zero-order valence-electron chi connectivity index (χ0n) is 14.0. The molecule has 3 rings (SSSR count). The van der Waals surface area contributed by atoms with E-state index in [1.54, 1.807) is 12.1 Å². The van der Waals surface area contributed by atoms with E-state index in [1.807, 2.05) is 18.2 Å². The van der Waals surface area contributed by atoms with Crippen molar-refractivity contribution in [1.29, 1.82) is 0 Å². The van der Waals surface area contributed by atoms with Gasteiger partial charge in [-0.05, 0) is 55.5 Å². The van der Waals surface area contributed by atoms with Gasteiger partial charge < -0.3 is 16.8 Å². The average molecular weight is 359 g/mol. The van der Waals surface area contributed by atoms with E-state index in [0.29, 0.717) is 17.9 Å². The molecule has 0 radical (unpaired) electrons. The minimum Gasteiger partial charge on any atom is -0.384 e. The number of carbonyl (C=O) groups is 1. The van der Waals surface area contributed by atoms with Crippen LogP contribution in [0.2, 0.25) is 5.02 Å². The Hall–Kier alpha value is -2.11. The minimum absolute atomic E-state index is 0.0606. The van der Waals surface area contributed by atoms with Gasteiger partial charge in [0.05, 0.1) is 5.56 Å². The van der Waals surface area contributed by atoms with Crippen LogP contribution in [0, 0.1) is 0 Å². The molecule has 5 N–H and O–H groups in total. The maximum atomic E-state index is 12.3. The smallest absolute Gasteiger partial charge is 0.253 e. The van der Waals surface area contributed by atoms with Crippen LogP contribution in [-0.4, -0.2) is 23.5 Å². The molecule has 1 amide bonds. The zero-order chi connectivity index (χ0) is 17.9. The third-order valence-corrected chi connectivity index (χ3v) is 5.39. The third-order valence-electron chi connectivity index (χ3n) is 5.15. The number of rotatable bonds is 4. The first-order valence-electron chi connectivity index (χ1n) is 8.51. The van der Waals surface area contributed by atoms with E-state index in [0.717, 1.165) is 30.7 Å². The predicted octanol–water partition coefficient (Wildman–Crippen LogP) is 2.89. The fourth-order valence-corrected chi connectivity index (χ4v) is 3.74. The number of pyridine rings is 1. The second-order valence-corrected chi connectivity index (χ2v) is 7.15. The molecule has 2 aromatic rings. The van der Waals surface area contributed by atoms with Gasteiger partial charge in [0.25, 0.3) is 5.91 Å². The maximum Gasteiger partial charge on any atom is 0.253 e. The summed E-state index contributed by atoms with van der Waals surface area (Å²) >= 11 is 6.15. The number of nitrogens with two attached hydrogens (primary N) is 2. The highest BCUT2D eigenvalue weighted by atomic mass is 35.5. The molecule has 1 aromatic carbocycles. The number of nitrogens with one attached hydrogen (secondary N) is 1. The van der Waals surface area contributed by atoms with Crippen molar-refractivity contribution in [2.45, 2.75) is 37.1 Å². The molecule has 25 heavy (non-hydrogen) atoms. The van der Waals surface area contributed by atoms with Gasteiger partial charge in [-0.3, -0.25) is 4.79 Å². The lowest BCUT2D eigenvalue weighted by atomic mass is 9.68. The Morgan fingerprint density at radius 1 is 1.28 bits per heavy atom. The third kappa shape index (κ3) is 3.94. The zero-order valence-corrected chi connectivity index (χ0v) is 14.8. The summed E-state index contributed by atoms with van der Waals surface area (Å²) in [5, 5.41) is 3.83. The van der Waals surface area contributed by atoms with Crippen LogP contribution in [0.25, 0.3) is 0 Å². The van der Waals surface area contributed by atoms with Crippen molar-refractivity contribution < 1.29 is 4.79 Å². The summed E-state index contributed by atoms with van der Waals surface area (Å²) in [6.45, 7) is 0.579. The molecular weight excluding hydrogens is 336 g/mol. The SMILES string of the molecule is NC[C@]1(c2cccc(Cl)c2)CC[C@H](NC(=O)c2ccc(N)nc2)CC1. The van der Waals surface area contributed by atoms with Crippen LogP contribution in [0.15, 0.2) is 42.6 Å². The van der Waals surface area contributed by atoms with E-state index in [2.05, 4.69) is 16.4 Å². The summed E-state index contributed by atoms with van der Waals surface area (Å²) in [7, 11) is 0. The topological polar surface area (TPSA) is 94.0 Å². The van der Waals surface area contributed by atoms with Crippen molar-refractivity contribution in [2.75, 3.05) is 12.3 Å². The second-order valence-electron chi connectivity index (χ2n) is 6.71. The fourth-order valence-electron chi connectivity index (χ4n) is 3.55. The molecule has 1 heterocycles. The summed E-state index contributed by atoms with van der Waals surface area (Å²) in [5.41, 5.74) is 13.3. The molecule has 0 bridgehead atoms. The highest BCUT2D eigenvalue weighted by molar-refractivity contribution is 6.30. The van der Waals surface area contributed by atoms with Gasteiger partial charge in [-0.1, -0.05) is 23.7 Å². The predicted molar refractivity (Wildman–Crippen MR) is 101 cm³/mol. The van der Waals surface area contributed by atoms with E-state index < -0.39 is 0 Å². The maximum absolute atomic E-state index is 12.3. The molecule has 0 saturated heterocycles. The molecule has 0 atom stereocenters. The molecule has 0 aliphatic heterocycles. The lowest BCUT2D eigenvalue weighted by Crippen LogP contribution is -2.45. The normalized spacial score (nSPS) is 23.2. The lowest BCUT2D eigenvalue weighted by molar-refractivity contribution is 0.0917. The van der Waals surface area contributed by atoms with Crippen molar-refractivity contribution in [1.82, 2.24) is 10.3 Å². The first-order chi connectivity index (χ1) is 12.0. The summed E-state index contributed by atoms with van der Waals surface area (Å²) in [4.78, 5) is 16.3. The summed E-state index contributed by atoms with van der Waals surface area (Å²) in [6, 6.07) is 11.4. The molecule has 1 aromatic heterocycles. The van der Waals surface area contributed by atoms with Gasteiger partial charge in [0.1, 0.15) is 5.82 Å². The standard InChI is InChI=1S/C19H23ClN4O/c20-15-3-1-2-14(10-15)19(12-21)8-6-16(7-9-19)24-18(25)13-4-5-17(22)23-11-13/h1-5,10-11,16H,6-9,12,21H2,(H2,22,23)(H,24,25)/t16-,19-. The number of halogens is 1. The van der Waals surface area contributed by atoms with Gasteiger partial charge in [0.2, 0.25) is 0 Å². The second kappa shape index (κ2) is 7.42. The van der Waals surface area contributed by atoms with Crippen LogP contribution in [-0.2, 0) is 5.41 Å². The van der Waals surface area contributed by atoms with Crippen molar-refractivity contribution in [3.63, 3.8) is 0 Å². The van der Waals surface area contributed by atoms with Gasteiger partial charge in [0, 0.05) is 29.2 Å². The van der Waals surface area contributed by atoms with Crippen molar-refractivity contribution in [2.24, 2.45) is 5.73 Å². The summed E-state index contributed by atoms with van der Waals surface area (Å²) in [5.74, 6) is 0.295. The molecule has 1 aliphatic carbocycles. The van der Waals surface area contributed by atoms with Gasteiger partial charge in [-0.25, -0.2) is 4.98 Å². The monoisotopic (exact) mass is 358 g/mol. The van der Waals surface area contributed by atoms with Crippen LogP contribution in [0.5, 0.6) is 0 Å². The summed E-state index contributed by atoms with van der Waals surface area (Å²) in [6.07, 6.45) is 5.13. The molecule has 0 spiro atoms. The van der Waals surface area contributed by atoms with E-state index in [1.165, 1.54) is 11.8 Å². The van der Waals surface area contributed by atoms with E-state index >= 15 is 0 Å². The van der Waals surface area contributed by atoms with Gasteiger partial charge in [-0.2, -0.15) is 0 Å². The lowest BCUT2D eigenvalue weighted by Gasteiger charge is -2.40. The quantitative estimate of drug-likeness (QED) is 0.783. The number of hydrogen-bond donors (Lipinski definition) is 3. The van der Waals surface area contributed by atoms with Gasteiger partial charge in [0.15, 0.2) is 0 Å². The highest BCUT2D eigenvalue weighted by Gasteiger charge is 2.36. The number of nitrogen functional groups attached to an aromatic ring is 1. The molecule has 1 aliphatic rings. The number of carbonyl (C=O) groups excluding carboxylic acids is 1. The van der Waals surface area contributed by atoms with E-state index in [4.69, 9.17) is 23.1 Å². The van der Waals surface area contributed by atoms with Gasteiger partial charge in [-0.15, -0.1) is 0 Å². The number of aromatic nitrogens is 1. The molecule has 1 saturated carbocycles.